The van der Waals surface area contributed by atoms with Gasteiger partial charge in [-0.1, -0.05) is 18.2 Å². The van der Waals surface area contributed by atoms with Crippen molar-refractivity contribution in [3.63, 3.8) is 0 Å². The molecule has 0 radical (unpaired) electrons. The van der Waals surface area contributed by atoms with Gasteiger partial charge in [-0.25, -0.2) is 0 Å². The maximum atomic E-state index is 12.1. The first kappa shape index (κ1) is 14.8. The lowest BCUT2D eigenvalue weighted by atomic mass is 10.0. The summed E-state index contributed by atoms with van der Waals surface area (Å²) in [6, 6.07) is 9.07. The fourth-order valence-electron chi connectivity index (χ4n) is 2.24. The van der Waals surface area contributed by atoms with Crippen molar-refractivity contribution in [3.8, 4) is 0 Å². The Morgan fingerprint density at radius 1 is 1.25 bits per heavy atom. The number of benzene rings is 1. The number of nitrogens with zero attached hydrogens (tertiary/aromatic N) is 1. The average Bonchev–Trinajstić information content (AvgIpc) is 2.37. The zero-order valence-corrected chi connectivity index (χ0v) is 11.2. The molecule has 0 aliphatic rings. The fraction of sp³-hybridized carbons (Fsp3) is 0.400. The highest BCUT2D eigenvalue weighted by molar-refractivity contribution is 5.82. The van der Waals surface area contributed by atoms with Crippen molar-refractivity contribution in [2.75, 3.05) is 0 Å². The molecule has 20 heavy (non-hydrogen) atoms. The van der Waals surface area contributed by atoms with Gasteiger partial charge in [0.05, 0.1) is 11.2 Å². The van der Waals surface area contributed by atoms with Crippen molar-refractivity contribution in [1.29, 1.82) is 0 Å². The van der Waals surface area contributed by atoms with E-state index in [0.717, 1.165) is 16.5 Å². The van der Waals surface area contributed by atoms with Crippen molar-refractivity contribution in [3.05, 3.63) is 41.6 Å². The minimum atomic E-state index is -4.12. The van der Waals surface area contributed by atoms with Gasteiger partial charge < -0.3 is 5.73 Å². The number of aromatic nitrogens is 1. The van der Waals surface area contributed by atoms with Crippen molar-refractivity contribution < 1.29 is 13.2 Å². The molecule has 1 unspecified atom stereocenters. The summed E-state index contributed by atoms with van der Waals surface area (Å²) in [6.07, 6.45) is -4.61. The molecule has 0 spiro atoms. The summed E-state index contributed by atoms with van der Waals surface area (Å²) in [4.78, 5) is 4.44. The minimum absolute atomic E-state index is 0.0260. The highest BCUT2D eigenvalue weighted by atomic mass is 19.4. The molecule has 1 aromatic carbocycles. The van der Waals surface area contributed by atoms with E-state index >= 15 is 0 Å². The molecule has 0 saturated heterocycles. The third-order valence-corrected chi connectivity index (χ3v) is 3.30. The molecule has 2 nitrogen and oxygen atoms in total. The van der Waals surface area contributed by atoms with Crippen LogP contribution in [0.25, 0.3) is 10.9 Å². The molecule has 1 atom stereocenters. The van der Waals surface area contributed by atoms with E-state index in [2.05, 4.69) is 4.98 Å². The van der Waals surface area contributed by atoms with E-state index in [9.17, 15) is 13.2 Å². The molecule has 5 heteroatoms. The van der Waals surface area contributed by atoms with Crippen LogP contribution >= 0.6 is 0 Å². The van der Waals surface area contributed by atoms with Gasteiger partial charge in [0, 0.05) is 17.8 Å². The summed E-state index contributed by atoms with van der Waals surface area (Å²) in [5, 5.41) is 1.04. The number of halogens is 3. The molecule has 1 aromatic heterocycles. The van der Waals surface area contributed by atoms with Crippen LogP contribution in [-0.4, -0.2) is 11.2 Å². The first-order valence-corrected chi connectivity index (χ1v) is 6.55. The largest absolute Gasteiger partial charge is 0.389 e. The Hall–Kier alpha value is -1.62. The molecule has 2 N–H and O–H groups in total. The van der Waals surface area contributed by atoms with Gasteiger partial charge >= 0.3 is 6.18 Å². The number of hydrogen-bond acceptors (Lipinski definition) is 2. The van der Waals surface area contributed by atoms with Crippen LogP contribution in [0.2, 0.25) is 0 Å². The predicted molar refractivity (Wildman–Crippen MR) is 73.3 cm³/mol. The van der Waals surface area contributed by atoms with Gasteiger partial charge in [-0.15, -0.1) is 0 Å². The molecule has 2 aromatic rings. The quantitative estimate of drug-likeness (QED) is 0.909. The second kappa shape index (κ2) is 5.79. The Morgan fingerprint density at radius 2 is 1.95 bits per heavy atom. The summed E-state index contributed by atoms with van der Waals surface area (Å²) in [7, 11) is 0. The number of para-hydroxylation sites is 1. The summed E-state index contributed by atoms with van der Waals surface area (Å²) < 4.78 is 36.4. The number of hydrogen-bond donors (Lipinski definition) is 1. The van der Waals surface area contributed by atoms with E-state index in [1.54, 1.807) is 0 Å². The normalized spacial score (nSPS) is 13.7. The monoisotopic (exact) mass is 282 g/mol. The van der Waals surface area contributed by atoms with Gasteiger partial charge in [-0.2, -0.15) is 13.2 Å². The van der Waals surface area contributed by atoms with Gasteiger partial charge in [-0.05, 0) is 37.5 Å². The number of aryl methyl sites for hydroxylation is 1. The average molecular weight is 282 g/mol. The summed E-state index contributed by atoms with van der Waals surface area (Å²) >= 11 is 0. The lowest BCUT2D eigenvalue weighted by molar-refractivity contribution is -0.135. The standard InChI is InChI=1S/C15H17F3N2/c1-10-9-14(12(19)6-4-8-15(16,17)18)20-13-7-3-2-5-11(10)13/h2-3,5,7,9,12H,4,6,8,19H2,1H3. The molecule has 0 aliphatic heterocycles. The Morgan fingerprint density at radius 3 is 2.65 bits per heavy atom. The van der Waals surface area contributed by atoms with E-state index in [0.29, 0.717) is 5.69 Å². The Balaban J connectivity index is 2.12. The van der Waals surface area contributed by atoms with Gasteiger partial charge in [0.1, 0.15) is 0 Å². The van der Waals surface area contributed by atoms with Crippen LogP contribution in [-0.2, 0) is 0 Å². The zero-order valence-electron chi connectivity index (χ0n) is 11.2. The summed E-state index contributed by atoms with van der Waals surface area (Å²) in [6.45, 7) is 1.95. The maximum absolute atomic E-state index is 12.1. The van der Waals surface area contributed by atoms with E-state index in [4.69, 9.17) is 5.73 Å². The smallest absolute Gasteiger partial charge is 0.323 e. The first-order valence-electron chi connectivity index (χ1n) is 6.55. The number of rotatable bonds is 4. The Labute approximate surface area is 115 Å². The number of pyridine rings is 1. The fourth-order valence-corrected chi connectivity index (χ4v) is 2.24. The summed E-state index contributed by atoms with van der Waals surface area (Å²) in [5.41, 5.74) is 8.48. The molecule has 0 amide bonds. The van der Waals surface area contributed by atoms with Crippen LogP contribution in [0.5, 0.6) is 0 Å². The number of nitrogens with two attached hydrogens (primary N) is 1. The van der Waals surface area contributed by atoms with Gasteiger partial charge in [0.2, 0.25) is 0 Å². The van der Waals surface area contributed by atoms with E-state index < -0.39 is 18.6 Å². The number of fused-ring (bicyclic) bond motifs is 1. The zero-order chi connectivity index (χ0) is 14.8. The highest BCUT2D eigenvalue weighted by Gasteiger charge is 2.26. The van der Waals surface area contributed by atoms with Crippen LogP contribution in [0.15, 0.2) is 30.3 Å². The molecule has 1 heterocycles. The summed E-state index contributed by atoms with van der Waals surface area (Å²) in [5.74, 6) is 0. The first-order chi connectivity index (χ1) is 9.37. The lowest BCUT2D eigenvalue weighted by Gasteiger charge is -2.14. The van der Waals surface area contributed by atoms with Gasteiger partial charge in [-0.3, -0.25) is 4.98 Å². The van der Waals surface area contributed by atoms with Crippen LogP contribution in [0.4, 0.5) is 13.2 Å². The van der Waals surface area contributed by atoms with Crippen molar-refractivity contribution >= 4 is 10.9 Å². The molecule has 0 bridgehead atoms. The Kier molecular flexibility index (Phi) is 4.28. The molecular weight excluding hydrogens is 265 g/mol. The second-order valence-corrected chi connectivity index (χ2v) is 5.00. The topological polar surface area (TPSA) is 38.9 Å². The highest BCUT2D eigenvalue weighted by Crippen LogP contribution is 2.26. The number of alkyl halides is 3. The molecule has 108 valence electrons. The van der Waals surface area contributed by atoms with Gasteiger partial charge in [0.25, 0.3) is 0 Å². The SMILES string of the molecule is Cc1cc(C(N)CCCC(F)(F)F)nc2ccccc12. The third kappa shape index (κ3) is 3.70. The molecule has 0 fully saturated rings. The Bertz CT molecular complexity index is 593. The van der Waals surface area contributed by atoms with Crippen LogP contribution < -0.4 is 5.73 Å². The van der Waals surface area contributed by atoms with Crippen molar-refractivity contribution in [1.82, 2.24) is 4.98 Å². The molecule has 0 aliphatic carbocycles. The minimum Gasteiger partial charge on any atom is -0.323 e. The van der Waals surface area contributed by atoms with E-state index in [1.165, 1.54) is 0 Å². The molecule has 0 saturated carbocycles. The van der Waals surface area contributed by atoms with E-state index in [1.807, 2.05) is 37.3 Å². The van der Waals surface area contributed by atoms with Crippen molar-refractivity contribution in [2.24, 2.45) is 5.73 Å². The lowest BCUT2D eigenvalue weighted by Crippen LogP contribution is -2.14. The van der Waals surface area contributed by atoms with Crippen LogP contribution in [0, 0.1) is 6.92 Å². The maximum Gasteiger partial charge on any atom is 0.389 e. The predicted octanol–water partition coefficient (Wildman–Crippen LogP) is 4.28. The van der Waals surface area contributed by atoms with Crippen LogP contribution in [0.3, 0.4) is 0 Å². The molecular formula is C15H17F3N2. The van der Waals surface area contributed by atoms with Gasteiger partial charge in [0.15, 0.2) is 0 Å². The second-order valence-electron chi connectivity index (χ2n) is 5.00. The van der Waals surface area contributed by atoms with E-state index in [-0.39, 0.29) is 12.8 Å². The third-order valence-electron chi connectivity index (χ3n) is 3.30. The molecule has 2 rings (SSSR count). The van der Waals surface area contributed by atoms with Crippen LogP contribution in [0.1, 0.15) is 36.6 Å². The van der Waals surface area contributed by atoms with Crippen molar-refractivity contribution in [2.45, 2.75) is 38.4 Å².